The highest BCUT2D eigenvalue weighted by Gasteiger charge is 2.24. The van der Waals surface area contributed by atoms with Gasteiger partial charge in [0.05, 0.1) is 43.5 Å². The van der Waals surface area contributed by atoms with Crippen LogP contribution < -0.4 is 15.2 Å². The van der Waals surface area contributed by atoms with Gasteiger partial charge < -0.3 is 14.4 Å². The second-order valence-electron chi connectivity index (χ2n) is 8.70. The van der Waals surface area contributed by atoms with E-state index in [1.807, 2.05) is 13.2 Å². The highest BCUT2D eigenvalue weighted by atomic mass is 16.5. The first-order valence-electron chi connectivity index (χ1n) is 11.7. The molecule has 2 aliphatic heterocycles. The molecule has 1 atom stereocenters. The molecule has 5 rings (SSSR count). The van der Waals surface area contributed by atoms with Crippen LogP contribution in [0.5, 0.6) is 5.75 Å². The summed E-state index contributed by atoms with van der Waals surface area (Å²) >= 11 is 0. The molecule has 3 aromatic heterocycles. The molecule has 0 amide bonds. The molecule has 1 unspecified atom stereocenters. The standard InChI is InChI=1S/C23H30N8O3/c1-28-15-18(12-26-28)21-4-5-22(32)31(27-21)17-20-16-30(9-11-34-20)23-24-13-19(14-25-23)33-10-8-29-6-2-3-7-29/h4-5,12-15,20H,2-3,6-11,16-17H2,1H3. The van der Waals surface area contributed by atoms with Crippen LogP contribution in [0.4, 0.5) is 5.95 Å². The summed E-state index contributed by atoms with van der Waals surface area (Å²) in [6, 6.07) is 3.24. The van der Waals surface area contributed by atoms with Crippen molar-refractivity contribution in [3.05, 3.63) is 47.3 Å². The minimum atomic E-state index is -0.205. The molecule has 180 valence electrons. The monoisotopic (exact) mass is 466 g/mol. The van der Waals surface area contributed by atoms with Gasteiger partial charge in [-0.1, -0.05) is 0 Å². The van der Waals surface area contributed by atoms with Gasteiger partial charge in [0.25, 0.3) is 5.56 Å². The second kappa shape index (κ2) is 10.3. The van der Waals surface area contributed by atoms with E-state index < -0.39 is 0 Å². The number of likely N-dealkylation sites (tertiary alicyclic amines) is 1. The fraction of sp³-hybridized carbons (Fsp3) is 0.522. The summed E-state index contributed by atoms with van der Waals surface area (Å²) in [5.41, 5.74) is 1.39. The van der Waals surface area contributed by atoms with Crippen LogP contribution in [0.3, 0.4) is 0 Å². The zero-order chi connectivity index (χ0) is 23.3. The average molecular weight is 467 g/mol. The normalized spacial score (nSPS) is 19.0. The number of aromatic nitrogens is 6. The van der Waals surface area contributed by atoms with E-state index in [9.17, 15) is 4.79 Å². The van der Waals surface area contributed by atoms with Gasteiger partial charge in [-0.15, -0.1) is 0 Å². The first-order chi connectivity index (χ1) is 16.6. The van der Waals surface area contributed by atoms with Crippen molar-refractivity contribution in [3.63, 3.8) is 0 Å². The molecule has 34 heavy (non-hydrogen) atoms. The van der Waals surface area contributed by atoms with Crippen LogP contribution in [0, 0.1) is 0 Å². The minimum Gasteiger partial charge on any atom is -0.489 e. The van der Waals surface area contributed by atoms with Gasteiger partial charge in [-0.3, -0.25) is 14.4 Å². The van der Waals surface area contributed by atoms with E-state index in [1.54, 1.807) is 29.3 Å². The molecule has 5 heterocycles. The van der Waals surface area contributed by atoms with E-state index in [0.717, 1.165) is 25.2 Å². The van der Waals surface area contributed by atoms with Crippen molar-refractivity contribution >= 4 is 5.95 Å². The minimum absolute atomic E-state index is 0.167. The van der Waals surface area contributed by atoms with Gasteiger partial charge in [0.2, 0.25) is 5.95 Å². The van der Waals surface area contributed by atoms with Crippen molar-refractivity contribution in [1.29, 1.82) is 0 Å². The number of ether oxygens (including phenoxy) is 2. The predicted molar refractivity (Wildman–Crippen MR) is 126 cm³/mol. The smallest absolute Gasteiger partial charge is 0.266 e. The second-order valence-corrected chi connectivity index (χ2v) is 8.70. The summed E-state index contributed by atoms with van der Waals surface area (Å²) < 4.78 is 14.9. The number of hydrogen-bond donors (Lipinski definition) is 0. The van der Waals surface area contributed by atoms with Crippen molar-refractivity contribution in [2.45, 2.75) is 25.5 Å². The highest BCUT2D eigenvalue weighted by Crippen LogP contribution is 2.17. The lowest BCUT2D eigenvalue weighted by atomic mass is 10.2. The summed E-state index contributed by atoms with van der Waals surface area (Å²) in [4.78, 5) is 25.9. The van der Waals surface area contributed by atoms with Crippen LogP contribution in [0.25, 0.3) is 11.3 Å². The number of aryl methyl sites for hydroxylation is 1. The molecule has 0 spiro atoms. The van der Waals surface area contributed by atoms with Crippen LogP contribution in [-0.4, -0.2) is 86.5 Å². The fourth-order valence-electron chi connectivity index (χ4n) is 4.34. The SMILES string of the molecule is Cn1cc(-c2ccc(=O)n(CC3CN(c4ncc(OCCN5CCCC5)cn4)CCO3)n2)cn1. The summed E-state index contributed by atoms with van der Waals surface area (Å²) in [7, 11) is 1.85. The molecule has 0 saturated carbocycles. The molecule has 11 heteroatoms. The van der Waals surface area contributed by atoms with Crippen molar-refractivity contribution in [2.24, 2.45) is 7.05 Å². The Kier molecular flexibility index (Phi) is 6.82. The van der Waals surface area contributed by atoms with Crippen LogP contribution in [0.1, 0.15) is 12.8 Å². The Morgan fingerprint density at radius 3 is 2.71 bits per heavy atom. The van der Waals surface area contributed by atoms with Crippen molar-refractivity contribution in [1.82, 2.24) is 34.4 Å². The Bertz CT molecular complexity index is 1140. The Morgan fingerprint density at radius 1 is 1.12 bits per heavy atom. The molecule has 11 nitrogen and oxygen atoms in total. The lowest BCUT2D eigenvalue weighted by Crippen LogP contribution is -2.46. The molecule has 0 N–H and O–H groups in total. The van der Waals surface area contributed by atoms with Crippen LogP contribution in [0.15, 0.2) is 41.7 Å². The molecule has 2 fully saturated rings. The quantitative estimate of drug-likeness (QED) is 0.477. The highest BCUT2D eigenvalue weighted by molar-refractivity contribution is 5.55. The van der Waals surface area contributed by atoms with E-state index in [4.69, 9.17) is 9.47 Å². The third kappa shape index (κ3) is 5.42. The van der Waals surface area contributed by atoms with Gasteiger partial charge in [0.1, 0.15) is 6.61 Å². The molecule has 0 radical (unpaired) electrons. The van der Waals surface area contributed by atoms with Crippen molar-refractivity contribution in [3.8, 4) is 17.0 Å². The third-order valence-corrected chi connectivity index (χ3v) is 6.15. The van der Waals surface area contributed by atoms with Crippen LogP contribution in [0.2, 0.25) is 0 Å². The first kappa shape index (κ1) is 22.5. The number of anilines is 1. The topological polar surface area (TPSA) is 103 Å². The summed E-state index contributed by atoms with van der Waals surface area (Å²) in [5.74, 6) is 1.31. The summed E-state index contributed by atoms with van der Waals surface area (Å²) in [5, 5.41) is 8.70. The van der Waals surface area contributed by atoms with Crippen LogP contribution >= 0.6 is 0 Å². The fourth-order valence-corrected chi connectivity index (χ4v) is 4.34. The molecule has 3 aromatic rings. The largest absolute Gasteiger partial charge is 0.489 e. The lowest BCUT2D eigenvalue weighted by Gasteiger charge is -2.32. The van der Waals surface area contributed by atoms with Crippen molar-refractivity contribution < 1.29 is 9.47 Å². The Hall–Kier alpha value is -3.31. The van der Waals surface area contributed by atoms with E-state index in [1.165, 1.54) is 23.6 Å². The first-order valence-corrected chi connectivity index (χ1v) is 11.7. The van der Waals surface area contributed by atoms with Gasteiger partial charge in [0.15, 0.2) is 5.75 Å². The maximum Gasteiger partial charge on any atom is 0.266 e. The number of hydrogen-bond acceptors (Lipinski definition) is 9. The molecule has 0 aliphatic carbocycles. The van der Waals surface area contributed by atoms with E-state index >= 15 is 0 Å². The number of nitrogens with zero attached hydrogens (tertiary/aromatic N) is 8. The zero-order valence-electron chi connectivity index (χ0n) is 19.4. The molecule has 2 saturated heterocycles. The van der Waals surface area contributed by atoms with Gasteiger partial charge in [-0.05, 0) is 32.0 Å². The van der Waals surface area contributed by atoms with E-state index in [-0.39, 0.29) is 11.7 Å². The molecule has 2 aliphatic rings. The lowest BCUT2D eigenvalue weighted by molar-refractivity contribution is 0.0260. The Morgan fingerprint density at radius 2 is 1.94 bits per heavy atom. The van der Waals surface area contributed by atoms with Crippen molar-refractivity contribution in [2.75, 3.05) is 50.8 Å². The van der Waals surface area contributed by atoms with E-state index in [0.29, 0.717) is 50.2 Å². The van der Waals surface area contributed by atoms with Gasteiger partial charge in [-0.25, -0.2) is 14.6 Å². The average Bonchev–Trinajstić information content (AvgIpc) is 3.53. The zero-order valence-corrected chi connectivity index (χ0v) is 19.4. The molecule has 0 bridgehead atoms. The van der Waals surface area contributed by atoms with Gasteiger partial charge >= 0.3 is 0 Å². The number of rotatable bonds is 8. The predicted octanol–water partition coefficient (Wildman–Crippen LogP) is 0.814. The Balaban J connectivity index is 1.18. The maximum absolute atomic E-state index is 12.4. The summed E-state index contributed by atoms with van der Waals surface area (Å²) in [6.45, 7) is 6.02. The van der Waals surface area contributed by atoms with E-state index in [2.05, 4.69) is 30.0 Å². The van der Waals surface area contributed by atoms with Gasteiger partial charge in [0, 0.05) is 44.5 Å². The summed E-state index contributed by atoms with van der Waals surface area (Å²) in [6.07, 6.45) is 9.39. The third-order valence-electron chi connectivity index (χ3n) is 6.15. The Labute approximate surface area is 197 Å². The van der Waals surface area contributed by atoms with Crippen LogP contribution in [-0.2, 0) is 18.3 Å². The number of morpholine rings is 1. The molecular weight excluding hydrogens is 436 g/mol. The maximum atomic E-state index is 12.4. The molecule has 0 aromatic carbocycles. The van der Waals surface area contributed by atoms with Gasteiger partial charge in [-0.2, -0.15) is 10.2 Å². The molecular formula is C23H30N8O3.